The number of H-pyrrole nitrogens is 1. The summed E-state index contributed by atoms with van der Waals surface area (Å²) >= 11 is 12.6. The number of nitrogens with zero attached hydrogens (tertiary/aromatic N) is 1. The number of fused-ring (bicyclic) bond motifs is 1. The van der Waals surface area contributed by atoms with Gasteiger partial charge < -0.3 is 14.8 Å². The first-order valence-electron chi connectivity index (χ1n) is 11.2. The molecular formula is C28H22Cl2N2O4. The van der Waals surface area contributed by atoms with E-state index in [0.29, 0.717) is 16.3 Å². The lowest BCUT2D eigenvalue weighted by molar-refractivity contribution is -0.132. The molecule has 0 spiro atoms. The molecule has 36 heavy (non-hydrogen) atoms. The van der Waals surface area contributed by atoms with Crippen LogP contribution >= 0.6 is 23.2 Å². The van der Waals surface area contributed by atoms with Gasteiger partial charge in [-0.05, 0) is 55.8 Å². The minimum atomic E-state index is -0.927. The Labute approximate surface area is 217 Å². The van der Waals surface area contributed by atoms with E-state index in [2.05, 4.69) is 4.98 Å². The summed E-state index contributed by atoms with van der Waals surface area (Å²) in [6.07, 6.45) is 0. The lowest BCUT2D eigenvalue weighted by Gasteiger charge is -2.26. The van der Waals surface area contributed by atoms with E-state index in [1.54, 1.807) is 36.4 Å². The van der Waals surface area contributed by atoms with E-state index in [-0.39, 0.29) is 27.7 Å². The number of methoxy groups -OCH3 is 1. The fourth-order valence-corrected chi connectivity index (χ4v) is 5.44. The molecule has 1 unspecified atom stereocenters. The number of halogens is 2. The Bertz CT molecular complexity index is 1590. The maximum absolute atomic E-state index is 13.6. The number of aromatic nitrogens is 1. The molecule has 0 saturated carbocycles. The average Bonchev–Trinajstić information content (AvgIpc) is 3.30. The second kappa shape index (κ2) is 9.04. The smallest absolute Gasteiger partial charge is 0.300 e. The second-order valence-electron chi connectivity index (χ2n) is 8.69. The van der Waals surface area contributed by atoms with Gasteiger partial charge in [0.15, 0.2) is 0 Å². The van der Waals surface area contributed by atoms with Crippen LogP contribution in [0.15, 0.2) is 66.2 Å². The van der Waals surface area contributed by atoms with Crippen molar-refractivity contribution in [2.75, 3.05) is 12.0 Å². The van der Waals surface area contributed by atoms with Crippen LogP contribution in [0.25, 0.3) is 16.7 Å². The fraction of sp³-hybridized carbons (Fsp3) is 0.143. The maximum Gasteiger partial charge on any atom is 0.300 e. The number of hydrogen-bond donors (Lipinski definition) is 2. The van der Waals surface area contributed by atoms with E-state index < -0.39 is 17.7 Å². The Balaban J connectivity index is 1.86. The van der Waals surface area contributed by atoms with Crippen LogP contribution in [0.1, 0.15) is 28.4 Å². The summed E-state index contributed by atoms with van der Waals surface area (Å²) in [5.74, 6) is -1.74. The van der Waals surface area contributed by atoms with Crippen molar-refractivity contribution in [3.8, 4) is 5.75 Å². The Kier molecular flexibility index (Phi) is 6.02. The summed E-state index contributed by atoms with van der Waals surface area (Å²) in [7, 11) is 1.43. The third-order valence-electron chi connectivity index (χ3n) is 6.39. The Hall–Kier alpha value is -3.74. The van der Waals surface area contributed by atoms with Crippen LogP contribution in [0, 0.1) is 13.8 Å². The molecule has 0 bridgehead atoms. The minimum Gasteiger partial charge on any atom is -0.507 e. The van der Waals surface area contributed by atoms with Crippen molar-refractivity contribution < 1.29 is 19.4 Å². The number of anilines is 1. The van der Waals surface area contributed by atoms with Crippen molar-refractivity contribution in [1.29, 1.82) is 0 Å². The van der Waals surface area contributed by atoms with Crippen molar-refractivity contribution in [3.05, 3.63) is 98.7 Å². The summed E-state index contributed by atoms with van der Waals surface area (Å²) in [4.78, 5) is 31.8. The molecule has 6 nitrogen and oxygen atoms in total. The first-order valence-corrected chi connectivity index (χ1v) is 12.0. The number of aliphatic hydroxyl groups is 1. The summed E-state index contributed by atoms with van der Waals surface area (Å²) in [6, 6.07) is 16.8. The highest BCUT2D eigenvalue weighted by Gasteiger charge is 2.48. The molecule has 2 heterocycles. The van der Waals surface area contributed by atoms with Gasteiger partial charge in [0.25, 0.3) is 11.7 Å². The summed E-state index contributed by atoms with van der Waals surface area (Å²) in [5, 5.41) is 13.1. The fourth-order valence-electron chi connectivity index (χ4n) is 4.91. The number of amides is 1. The molecule has 1 aromatic heterocycles. The SMILES string of the molecule is COc1c(Cl)cc(C)cc1/C(O)=C1\C(=O)C(=O)N(c2cccc(Cl)c2)C1c1c(C)[nH]c2ccccc12. The van der Waals surface area contributed by atoms with E-state index in [0.717, 1.165) is 22.2 Å². The lowest BCUT2D eigenvalue weighted by Crippen LogP contribution is -2.29. The van der Waals surface area contributed by atoms with Crippen LogP contribution in [0.3, 0.4) is 0 Å². The number of carbonyl (C=O) groups is 2. The number of aliphatic hydroxyl groups excluding tert-OH is 1. The maximum atomic E-state index is 13.6. The molecule has 182 valence electrons. The number of para-hydroxylation sites is 1. The van der Waals surface area contributed by atoms with E-state index in [1.807, 2.05) is 38.1 Å². The van der Waals surface area contributed by atoms with Crippen LogP contribution in [-0.4, -0.2) is 28.9 Å². The Morgan fingerprint density at radius 1 is 1.03 bits per heavy atom. The summed E-state index contributed by atoms with van der Waals surface area (Å²) < 4.78 is 5.46. The number of carbonyl (C=O) groups excluding carboxylic acids is 2. The molecule has 4 aromatic rings. The molecular weight excluding hydrogens is 499 g/mol. The number of hydrogen-bond acceptors (Lipinski definition) is 4. The van der Waals surface area contributed by atoms with Gasteiger partial charge in [-0.15, -0.1) is 0 Å². The van der Waals surface area contributed by atoms with E-state index >= 15 is 0 Å². The van der Waals surface area contributed by atoms with Gasteiger partial charge in [0.05, 0.1) is 29.3 Å². The molecule has 1 aliphatic rings. The molecule has 5 rings (SSSR count). The van der Waals surface area contributed by atoms with Crippen molar-refractivity contribution in [1.82, 2.24) is 4.98 Å². The standard InChI is InChI=1S/C28H22Cl2N2O4/c1-14-11-19(27(36-3)20(30)12-14)25(33)23-24(22-15(2)31-21-10-5-4-9-18(21)22)32(28(35)26(23)34)17-8-6-7-16(29)13-17/h4-13,24,31,33H,1-3H3/b25-23+. The number of ether oxygens (including phenoxy) is 1. The number of aromatic amines is 1. The van der Waals surface area contributed by atoms with Gasteiger partial charge in [-0.3, -0.25) is 14.5 Å². The van der Waals surface area contributed by atoms with Crippen molar-refractivity contribution >= 4 is 57.2 Å². The van der Waals surface area contributed by atoms with Gasteiger partial charge in [-0.25, -0.2) is 0 Å². The van der Waals surface area contributed by atoms with Crippen LogP contribution < -0.4 is 9.64 Å². The summed E-state index contributed by atoms with van der Waals surface area (Å²) in [5.41, 5.74) is 3.66. The molecule has 1 atom stereocenters. The molecule has 1 amide bonds. The zero-order chi connectivity index (χ0) is 25.7. The van der Waals surface area contributed by atoms with Crippen molar-refractivity contribution in [3.63, 3.8) is 0 Å². The Morgan fingerprint density at radius 3 is 2.50 bits per heavy atom. The van der Waals surface area contributed by atoms with Crippen LogP contribution in [0.4, 0.5) is 5.69 Å². The molecule has 0 radical (unpaired) electrons. The van der Waals surface area contributed by atoms with Gasteiger partial charge >= 0.3 is 0 Å². The number of Topliss-reactive ketones (excluding diaryl/α,β-unsaturated/α-hetero) is 1. The number of aryl methyl sites for hydroxylation is 2. The van der Waals surface area contributed by atoms with Gasteiger partial charge in [0.1, 0.15) is 11.5 Å². The minimum absolute atomic E-state index is 0.0622. The number of ketones is 1. The van der Waals surface area contributed by atoms with Crippen LogP contribution in [0.5, 0.6) is 5.75 Å². The average molecular weight is 521 g/mol. The van der Waals surface area contributed by atoms with Gasteiger partial charge in [-0.1, -0.05) is 47.5 Å². The molecule has 1 fully saturated rings. The van der Waals surface area contributed by atoms with Crippen LogP contribution in [-0.2, 0) is 9.59 Å². The quantitative estimate of drug-likeness (QED) is 0.177. The van der Waals surface area contributed by atoms with Crippen molar-refractivity contribution in [2.24, 2.45) is 0 Å². The Morgan fingerprint density at radius 2 is 1.78 bits per heavy atom. The molecule has 8 heteroatoms. The van der Waals surface area contributed by atoms with E-state index in [4.69, 9.17) is 27.9 Å². The highest BCUT2D eigenvalue weighted by molar-refractivity contribution is 6.52. The van der Waals surface area contributed by atoms with E-state index in [1.165, 1.54) is 12.0 Å². The third-order valence-corrected chi connectivity index (χ3v) is 6.91. The highest BCUT2D eigenvalue weighted by Crippen LogP contribution is 2.47. The largest absolute Gasteiger partial charge is 0.507 e. The van der Waals surface area contributed by atoms with Gasteiger partial charge in [0, 0.05) is 32.9 Å². The van der Waals surface area contributed by atoms with E-state index in [9.17, 15) is 14.7 Å². The predicted molar refractivity (Wildman–Crippen MR) is 142 cm³/mol. The zero-order valence-electron chi connectivity index (χ0n) is 19.7. The molecule has 1 aliphatic heterocycles. The molecule has 1 saturated heterocycles. The highest BCUT2D eigenvalue weighted by atomic mass is 35.5. The monoisotopic (exact) mass is 520 g/mol. The second-order valence-corrected chi connectivity index (χ2v) is 9.53. The summed E-state index contributed by atoms with van der Waals surface area (Å²) in [6.45, 7) is 3.69. The first-order chi connectivity index (χ1) is 17.2. The number of benzene rings is 3. The predicted octanol–water partition coefficient (Wildman–Crippen LogP) is 6.73. The lowest BCUT2D eigenvalue weighted by atomic mass is 9.92. The van der Waals surface area contributed by atoms with Crippen LogP contribution in [0.2, 0.25) is 10.0 Å². The normalized spacial score (nSPS) is 17.2. The molecule has 3 aromatic carbocycles. The zero-order valence-corrected chi connectivity index (χ0v) is 21.2. The number of nitrogens with one attached hydrogen (secondary N) is 1. The van der Waals surface area contributed by atoms with Gasteiger partial charge in [0.2, 0.25) is 0 Å². The molecule has 0 aliphatic carbocycles. The third kappa shape index (κ3) is 3.74. The topological polar surface area (TPSA) is 82.6 Å². The van der Waals surface area contributed by atoms with Gasteiger partial charge in [-0.2, -0.15) is 0 Å². The molecule has 2 N–H and O–H groups in total. The number of rotatable bonds is 4. The van der Waals surface area contributed by atoms with Crippen molar-refractivity contribution in [2.45, 2.75) is 19.9 Å². The first kappa shape index (κ1) is 24.0.